The van der Waals surface area contributed by atoms with Gasteiger partial charge in [-0.15, -0.1) is 0 Å². The predicted molar refractivity (Wildman–Crippen MR) is 91.6 cm³/mol. The van der Waals surface area contributed by atoms with E-state index in [2.05, 4.69) is 9.97 Å². The lowest BCUT2D eigenvalue weighted by molar-refractivity contribution is 0.0519. The zero-order valence-electron chi connectivity index (χ0n) is 13.6. The van der Waals surface area contributed by atoms with E-state index in [1.165, 1.54) is 17.1 Å². The number of fused-ring (bicyclic) bond motifs is 2. The summed E-state index contributed by atoms with van der Waals surface area (Å²) in [6, 6.07) is 9.74. The van der Waals surface area contributed by atoms with Crippen LogP contribution in [0.4, 0.5) is 0 Å². The van der Waals surface area contributed by atoms with Gasteiger partial charge >= 0.3 is 0 Å². The molecule has 1 aromatic carbocycles. The van der Waals surface area contributed by atoms with Crippen molar-refractivity contribution in [1.29, 1.82) is 0 Å². The fraction of sp³-hybridized carbons (Fsp3) is 0.167. The van der Waals surface area contributed by atoms with Gasteiger partial charge in [0.05, 0.1) is 35.7 Å². The molecule has 0 radical (unpaired) electrons. The smallest absolute Gasteiger partial charge is 0.262 e. The lowest BCUT2D eigenvalue weighted by atomic mass is 10.1. The number of imide groups is 1. The van der Waals surface area contributed by atoms with Gasteiger partial charge in [-0.1, -0.05) is 12.1 Å². The topological polar surface area (TPSA) is 105 Å². The molecule has 3 heterocycles. The van der Waals surface area contributed by atoms with Crippen LogP contribution in [0.2, 0.25) is 0 Å². The molecule has 2 aromatic heterocycles. The number of benzene rings is 1. The van der Waals surface area contributed by atoms with Gasteiger partial charge in [-0.3, -0.25) is 23.9 Å². The highest BCUT2D eigenvalue weighted by Crippen LogP contribution is 2.22. The van der Waals surface area contributed by atoms with Crippen LogP contribution in [-0.4, -0.2) is 49.0 Å². The van der Waals surface area contributed by atoms with Crippen molar-refractivity contribution in [1.82, 2.24) is 19.4 Å². The molecule has 0 saturated heterocycles. The number of hydrogen-bond donors (Lipinski definition) is 1. The Bertz CT molecular complexity index is 1060. The number of carbonyl (C=O) groups is 2. The summed E-state index contributed by atoms with van der Waals surface area (Å²) in [6.07, 6.45) is 1.73. The highest BCUT2D eigenvalue weighted by molar-refractivity contribution is 6.21. The molecule has 0 aliphatic carbocycles. The molecule has 3 aromatic rings. The normalized spacial score (nSPS) is 14.7. The Balaban J connectivity index is 1.54. The zero-order valence-corrected chi connectivity index (χ0v) is 13.6. The van der Waals surface area contributed by atoms with E-state index < -0.39 is 17.9 Å². The van der Waals surface area contributed by atoms with Gasteiger partial charge < -0.3 is 5.11 Å². The number of hydrogen-bond acceptors (Lipinski definition) is 6. The summed E-state index contributed by atoms with van der Waals surface area (Å²) >= 11 is 0. The maximum atomic E-state index is 12.4. The molecule has 26 heavy (non-hydrogen) atoms. The van der Waals surface area contributed by atoms with E-state index in [-0.39, 0.29) is 18.6 Å². The van der Waals surface area contributed by atoms with E-state index in [9.17, 15) is 19.5 Å². The molecule has 1 unspecified atom stereocenters. The van der Waals surface area contributed by atoms with Gasteiger partial charge in [0.25, 0.3) is 17.4 Å². The Morgan fingerprint density at radius 1 is 0.923 bits per heavy atom. The summed E-state index contributed by atoms with van der Waals surface area (Å²) in [6.45, 7) is -0.298. The number of nitrogens with zero attached hydrogens (tertiary/aromatic N) is 4. The molecule has 1 N–H and O–H groups in total. The monoisotopic (exact) mass is 350 g/mol. The zero-order chi connectivity index (χ0) is 18.3. The van der Waals surface area contributed by atoms with Gasteiger partial charge in [-0.05, 0) is 24.3 Å². The molecule has 2 amide bonds. The van der Waals surface area contributed by atoms with E-state index in [0.717, 1.165) is 4.90 Å². The average molecular weight is 350 g/mol. The third-order valence-electron chi connectivity index (χ3n) is 4.28. The van der Waals surface area contributed by atoms with Crippen molar-refractivity contribution < 1.29 is 14.7 Å². The number of rotatable bonds is 4. The molecular weight excluding hydrogens is 336 g/mol. The van der Waals surface area contributed by atoms with Crippen molar-refractivity contribution in [3.8, 4) is 0 Å². The molecule has 0 saturated carbocycles. The molecule has 8 heteroatoms. The molecule has 0 fully saturated rings. The minimum Gasteiger partial charge on any atom is -0.389 e. The molecule has 1 aliphatic rings. The first-order valence-corrected chi connectivity index (χ1v) is 7.99. The first kappa shape index (κ1) is 16.1. The van der Waals surface area contributed by atoms with Crippen LogP contribution < -0.4 is 5.56 Å². The summed E-state index contributed by atoms with van der Waals surface area (Å²) in [4.78, 5) is 46.2. The number of amides is 2. The fourth-order valence-electron chi connectivity index (χ4n) is 3.03. The van der Waals surface area contributed by atoms with Crippen molar-refractivity contribution in [3.63, 3.8) is 0 Å². The van der Waals surface area contributed by atoms with E-state index in [4.69, 9.17) is 0 Å². The lowest BCUT2D eigenvalue weighted by Crippen LogP contribution is -2.40. The Labute approximate surface area is 147 Å². The maximum absolute atomic E-state index is 12.4. The Hall–Kier alpha value is -3.39. The Kier molecular flexibility index (Phi) is 3.81. The van der Waals surface area contributed by atoms with Crippen molar-refractivity contribution in [3.05, 3.63) is 70.4 Å². The van der Waals surface area contributed by atoms with Crippen LogP contribution in [0.1, 0.15) is 20.7 Å². The number of aliphatic hydroxyl groups is 1. The molecule has 4 rings (SSSR count). The van der Waals surface area contributed by atoms with Crippen LogP contribution in [0.3, 0.4) is 0 Å². The Morgan fingerprint density at radius 2 is 1.62 bits per heavy atom. The standard InChI is InChI=1S/C18H14N4O4/c23-11(8-21-10-20-15-14(16(21)24)6-3-7-19-15)9-22-17(25)12-4-1-2-5-13(12)18(22)26/h1-7,10-11,23H,8-9H2. The fourth-order valence-corrected chi connectivity index (χ4v) is 3.03. The van der Waals surface area contributed by atoms with Crippen molar-refractivity contribution in [2.45, 2.75) is 12.6 Å². The van der Waals surface area contributed by atoms with Gasteiger partial charge in [-0.2, -0.15) is 0 Å². The molecular formula is C18H14N4O4. The molecule has 130 valence electrons. The number of aliphatic hydroxyl groups excluding tert-OH is 1. The molecule has 8 nitrogen and oxygen atoms in total. The van der Waals surface area contributed by atoms with Gasteiger partial charge in [0, 0.05) is 6.20 Å². The van der Waals surface area contributed by atoms with Crippen LogP contribution >= 0.6 is 0 Å². The quantitative estimate of drug-likeness (QED) is 0.685. The van der Waals surface area contributed by atoms with E-state index in [0.29, 0.717) is 22.2 Å². The third-order valence-corrected chi connectivity index (χ3v) is 4.28. The molecule has 0 bridgehead atoms. The highest BCUT2D eigenvalue weighted by atomic mass is 16.3. The van der Waals surface area contributed by atoms with Crippen LogP contribution in [0.15, 0.2) is 53.7 Å². The number of β-amino-alcohol motifs (C(OH)–C–C–N with tert-alkyl or cyclic N) is 1. The minimum absolute atomic E-state index is 0.0932. The second-order valence-corrected chi connectivity index (χ2v) is 6.00. The second kappa shape index (κ2) is 6.16. The van der Waals surface area contributed by atoms with Crippen LogP contribution in [0.25, 0.3) is 11.0 Å². The average Bonchev–Trinajstić information content (AvgIpc) is 2.89. The SMILES string of the molecule is O=C1c2ccccc2C(=O)N1CC(O)Cn1cnc2ncccc2c1=O. The van der Waals surface area contributed by atoms with Crippen LogP contribution in [0, 0.1) is 0 Å². The van der Waals surface area contributed by atoms with E-state index in [1.54, 1.807) is 36.4 Å². The number of aromatic nitrogens is 3. The minimum atomic E-state index is -1.11. The van der Waals surface area contributed by atoms with E-state index >= 15 is 0 Å². The summed E-state index contributed by atoms with van der Waals surface area (Å²) in [5, 5.41) is 10.7. The summed E-state index contributed by atoms with van der Waals surface area (Å²) < 4.78 is 1.24. The van der Waals surface area contributed by atoms with Crippen LogP contribution in [0.5, 0.6) is 0 Å². The van der Waals surface area contributed by atoms with Gasteiger partial charge in [-0.25, -0.2) is 9.97 Å². The number of carbonyl (C=O) groups excluding carboxylic acids is 2. The first-order valence-electron chi connectivity index (χ1n) is 7.99. The van der Waals surface area contributed by atoms with E-state index in [1.807, 2.05) is 0 Å². The lowest BCUT2D eigenvalue weighted by Gasteiger charge is -2.19. The maximum Gasteiger partial charge on any atom is 0.262 e. The van der Waals surface area contributed by atoms with Crippen molar-refractivity contribution >= 4 is 22.8 Å². The molecule has 0 spiro atoms. The van der Waals surface area contributed by atoms with Gasteiger partial charge in [0.2, 0.25) is 0 Å². The van der Waals surface area contributed by atoms with Crippen LogP contribution in [-0.2, 0) is 6.54 Å². The molecule has 1 aliphatic heterocycles. The largest absolute Gasteiger partial charge is 0.389 e. The van der Waals surface area contributed by atoms with Gasteiger partial charge in [0.15, 0.2) is 5.65 Å². The first-order chi connectivity index (χ1) is 12.6. The number of pyridine rings is 1. The molecule has 1 atom stereocenters. The second-order valence-electron chi connectivity index (χ2n) is 6.00. The predicted octanol–water partition coefficient (Wildman–Crippen LogP) is 0.449. The van der Waals surface area contributed by atoms with Crippen molar-refractivity contribution in [2.75, 3.05) is 6.54 Å². The van der Waals surface area contributed by atoms with Crippen molar-refractivity contribution in [2.24, 2.45) is 0 Å². The summed E-state index contributed by atoms with van der Waals surface area (Å²) in [5.74, 6) is -0.893. The highest BCUT2D eigenvalue weighted by Gasteiger charge is 2.36. The summed E-state index contributed by atoms with van der Waals surface area (Å²) in [7, 11) is 0. The third kappa shape index (κ3) is 2.56. The van der Waals surface area contributed by atoms with Gasteiger partial charge in [0.1, 0.15) is 6.33 Å². The Morgan fingerprint density at radius 3 is 2.31 bits per heavy atom. The summed E-state index contributed by atoms with van der Waals surface area (Å²) in [5.41, 5.74) is 0.619.